The second-order valence-corrected chi connectivity index (χ2v) is 10.1. The fraction of sp³-hybridized carbons (Fsp3) is 0.615. The maximum Gasteiger partial charge on any atom is 0.250 e. The minimum absolute atomic E-state index is 0.0491. The Labute approximate surface area is 201 Å². The molecule has 186 valence electrons. The lowest BCUT2D eigenvalue weighted by Gasteiger charge is -2.45. The summed E-state index contributed by atoms with van der Waals surface area (Å²) in [4.78, 5) is 27.7. The van der Waals surface area contributed by atoms with E-state index in [4.69, 9.17) is 4.74 Å². The summed E-state index contributed by atoms with van der Waals surface area (Å²) in [5, 5.41) is 10.7. The quantitative estimate of drug-likeness (QED) is 0.627. The van der Waals surface area contributed by atoms with E-state index in [2.05, 4.69) is 36.3 Å². The van der Waals surface area contributed by atoms with Gasteiger partial charge >= 0.3 is 0 Å². The van der Waals surface area contributed by atoms with Crippen LogP contribution in [0.4, 0.5) is 4.39 Å². The summed E-state index contributed by atoms with van der Waals surface area (Å²) in [5.74, 6) is -0.247. The number of ether oxygens (including phenoxy) is 1. The lowest BCUT2D eigenvalue weighted by Crippen LogP contribution is -2.56. The van der Waals surface area contributed by atoms with Gasteiger partial charge in [-0.25, -0.2) is 4.39 Å². The van der Waals surface area contributed by atoms with Crippen molar-refractivity contribution in [1.82, 2.24) is 10.2 Å². The number of azo groups is 1. The number of carbonyl (C=O) groups excluding carboxylic acids is 2. The highest BCUT2D eigenvalue weighted by Gasteiger charge is 2.58. The number of hydrogen-bond donors (Lipinski definition) is 1. The van der Waals surface area contributed by atoms with Gasteiger partial charge in [-0.2, -0.15) is 10.2 Å². The predicted molar refractivity (Wildman–Crippen MR) is 129 cm³/mol. The van der Waals surface area contributed by atoms with Crippen LogP contribution in [0.25, 0.3) is 5.70 Å². The Bertz CT molecular complexity index is 977. The summed E-state index contributed by atoms with van der Waals surface area (Å²) < 4.78 is 20.0. The first-order valence-electron chi connectivity index (χ1n) is 12.0. The Hall–Kier alpha value is -2.61. The SMILES string of the molecule is CN=N/C(=C\C(C)[C@@H]1CCC(C)(C(=O)N2CCOC(C(=O)NC)C2)C1(C)C)c1ccccc1F. The minimum Gasteiger partial charge on any atom is -0.365 e. The number of rotatable bonds is 6. The van der Waals surface area contributed by atoms with Crippen molar-refractivity contribution in [2.45, 2.75) is 46.6 Å². The van der Waals surface area contributed by atoms with Gasteiger partial charge in [-0.15, -0.1) is 0 Å². The van der Waals surface area contributed by atoms with E-state index in [1.807, 2.05) is 13.0 Å². The van der Waals surface area contributed by atoms with Crippen LogP contribution in [0.2, 0.25) is 0 Å². The Balaban J connectivity index is 1.84. The number of hydrogen-bond acceptors (Lipinski definition) is 5. The molecule has 2 fully saturated rings. The number of halogens is 1. The van der Waals surface area contributed by atoms with Gasteiger partial charge in [-0.05, 0) is 42.2 Å². The van der Waals surface area contributed by atoms with Crippen LogP contribution in [-0.2, 0) is 14.3 Å². The van der Waals surface area contributed by atoms with Crippen molar-refractivity contribution in [3.63, 3.8) is 0 Å². The number of morpholine rings is 1. The largest absolute Gasteiger partial charge is 0.365 e. The van der Waals surface area contributed by atoms with Crippen LogP contribution in [0.5, 0.6) is 0 Å². The second kappa shape index (κ2) is 10.3. The van der Waals surface area contributed by atoms with Crippen LogP contribution in [-0.4, -0.2) is 56.6 Å². The number of likely N-dealkylation sites (N-methyl/N-ethyl adjacent to an activating group) is 1. The number of amides is 2. The molecule has 0 spiro atoms. The molecule has 7 nitrogen and oxygen atoms in total. The van der Waals surface area contributed by atoms with Gasteiger partial charge in [0.2, 0.25) is 5.91 Å². The molecule has 0 bridgehead atoms. The smallest absolute Gasteiger partial charge is 0.250 e. The van der Waals surface area contributed by atoms with Crippen LogP contribution in [0, 0.1) is 28.5 Å². The average Bonchev–Trinajstić information content (AvgIpc) is 3.07. The summed E-state index contributed by atoms with van der Waals surface area (Å²) in [6.07, 6.45) is 2.94. The molecule has 4 atom stereocenters. The predicted octanol–water partition coefficient (Wildman–Crippen LogP) is 4.30. The van der Waals surface area contributed by atoms with Crippen LogP contribution in [0.1, 0.15) is 46.1 Å². The van der Waals surface area contributed by atoms with E-state index in [9.17, 15) is 14.0 Å². The van der Waals surface area contributed by atoms with Crippen molar-refractivity contribution in [2.75, 3.05) is 33.8 Å². The van der Waals surface area contributed by atoms with Crippen molar-refractivity contribution in [3.8, 4) is 0 Å². The molecular weight excluding hydrogens is 435 g/mol. The summed E-state index contributed by atoms with van der Waals surface area (Å²) in [7, 11) is 3.14. The normalized spacial score (nSPS) is 28.2. The van der Waals surface area contributed by atoms with Gasteiger partial charge < -0.3 is 15.0 Å². The van der Waals surface area contributed by atoms with E-state index < -0.39 is 11.5 Å². The highest BCUT2D eigenvalue weighted by atomic mass is 19.1. The summed E-state index contributed by atoms with van der Waals surface area (Å²) in [6.45, 7) is 9.52. The first-order chi connectivity index (χ1) is 16.1. The molecule has 34 heavy (non-hydrogen) atoms. The third-order valence-corrected chi connectivity index (χ3v) is 8.08. The number of nitrogens with one attached hydrogen (secondary N) is 1. The van der Waals surface area contributed by atoms with E-state index in [0.717, 1.165) is 12.8 Å². The number of carbonyl (C=O) groups is 2. The van der Waals surface area contributed by atoms with Gasteiger partial charge in [0, 0.05) is 26.2 Å². The summed E-state index contributed by atoms with van der Waals surface area (Å²) >= 11 is 0. The first kappa shape index (κ1) is 26.0. The van der Waals surface area contributed by atoms with Crippen molar-refractivity contribution < 1.29 is 18.7 Å². The van der Waals surface area contributed by atoms with Crippen molar-refractivity contribution in [2.24, 2.45) is 32.9 Å². The van der Waals surface area contributed by atoms with Crippen LogP contribution in [0.15, 0.2) is 40.6 Å². The molecule has 1 aromatic carbocycles. The van der Waals surface area contributed by atoms with E-state index in [1.165, 1.54) is 6.07 Å². The molecule has 1 heterocycles. The monoisotopic (exact) mass is 472 g/mol. The van der Waals surface area contributed by atoms with Crippen LogP contribution >= 0.6 is 0 Å². The van der Waals surface area contributed by atoms with Crippen molar-refractivity contribution in [1.29, 1.82) is 0 Å². The highest BCUT2D eigenvalue weighted by molar-refractivity contribution is 5.86. The summed E-state index contributed by atoms with van der Waals surface area (Å²) in [6, 6.07) is 6.56. The standard InChI is InChI=1S/C26H37FN4O3/c1-17(15-21(30-29-6)18-9-7-8-10-20(18)27)19-11-12-26(4,25(19,2)3)24(33)31-13-14-34-22(16-31)23(32)28-5/h7-10,15,17,19,22H,11-14,16H2,1-6H3,(H,28,32)/b21-15-,30-29?/t17?,19-,22?,26?/m0/s1. The topological polar surface area (TPSA) is 83.4 Å². The van der Waals surface area contributed by atoms with Gasteiger partial charge in [0.15, 0.2) is 6.10 Å². The molecule has 1 N–H and O–H groups in total. The Morgan fingerprint density at radius 2 is 2.00 bits per heavy atom. The Morgan fingerprint density at radius 3 is 2.65 bits per heavy atom. The molecule has 2 amide bonds. The third-order valence-electron chi connectivity index (χ3n) is 8.08. The van der Waals surface area contributed by atoms with Gasteiger partial charge in [-0.3, -0.25) is 9.59 Å². The molecule has 1 aliphatic carbocycles. The van der Waals surface area contributed by atoms with Gasteiger partial charge in [-0.1, -0.05) is 45.9 Å². The number of allylic oxidation sites excluding steroid dienone is 1. The number of benzene rings is 1. The fourth-order valence-corrected chi connectivity index (χ4v) is 5.66. The fourth-order valence-electron chi connectivity index (χ4n) is 5.66. The van der Waals surface area contributed by atoms with Crippen molar-refractivity contribution >= 4 is 17.5 Å². The third kappa shape index (κ3) is 4.78. The van der Waals surface area contributed by atoms with E-state index in [1.54, 1.807) is 37.2 Å². The Kier molecular flexibility index (Phi) is 7.91. The zero-order valence-corrected chi connectivity index (χ0v) is 21.1. The lowest BCUT2D eigenvalue weighted by atomic mass is 9.62. The number of nitrogens with zero attached hydrogens (tertiary/aromatic N) is 3. The van der Waals surface area contributed by atoms with Crippen LogP contribution in [0.3, 0.4) is 0 Å². The molecular formula is C26H37FN4O3. The molecule has 1 saturated carbocycles. The van der Waals surface area contributed by atoms with Crippen LogP contribution < -0.4 is 5.32 Å². The molecule has 1 saturated heterocycles. The zero-order chi connectivity index (χ0) is 25.1. The average molecular weight is 473 g/mol. The maximum atomic E-state index is 14.5. The van der Waals surface area contributed by atoms with Gasteiger partial charge in [0.05, 0.1) is 24.3 Å². The second-order valence-electron chi connectivity index (χ2n) is 10.1. The Morgan fingerprint density at radius 1 is 1.29 bits per heavy atom. The molecule has 0 aromatic heterocycles. The zero-order valence-electron chi connectivity index (χ0n) is 21.1. The van der Waals surface area contributed by atoms with E-state index in [-0.39, 0.29) is 41.4 Å². The summed E-state index contributed by atoms with van der Waals surface area (Å²) in [5.41, 5.74) is 0.00725. The van der Waals surface area contributed by atoms with Gasteiger partial charge in [0.25, 0.3) is 5.91 Å². The lowest BCUT2D eigenvalue weighted by molar-refractivity contribution is -0.158. The highest BCUT2D eigenvalue weighted by Crippen LogP contribution is 2.59. The molecule has 3 rings (SSSR count). The minimum atomic E-state index is -0.642. The van der Waals surface area contributed by atoms with Gasteiger partial charge in [0.1, 0.15) is 5.82 Å². The molecule has 2 aliphatic rings. The van der Waals surface area contributed by atoms with Crippen molar-refractivity contribution in [3.05, 3.63) is 41.7 Å². The molecule has 0 radical (unpaired) electrons. The van der Waals surface area contributed by atoms with E-state index in [0.29, 0.717) is 24.4 Å². The molecule has 1 aromatic rings. The first-order valence-corrected chi connectivity index (χ1v) is 12.0. The molecule has 8 heteroatoms. The maximum absolute atomic E-state index is 14.5. The molecule has 1 aliphatic heterocycles. The molecule has 3 unspecified atom stereocenters. The van der Waals surface area contributed by atoms with E-state index >= 15 is 0 Å².